The second-order valence-corrected chi connectivity index (χ2v) is 12.2. The second-order valence-electron chi connectivity index (χ2n) is 12.2. The molecule has 0 amide bonds. The van der Waals surface area contributed by atoms with Crippen LogP contribution in [0.3, 0.4) is 0 Å². The van der Waals surface area contributed by atoms with Crippen LogP contribution in [0.5, 0.6) is 0 Å². The summed E-state index contributed by atoms with van der Waals surface area (Å²) in [5.41, 5.74) is 0.546. The van der Waals surface area contributed by atoms with Gasteiger partial charge in [0.05, 0.1) is 6.10 Å². The maximum absolute atomic E-state index is 11.8. The van der Waals surface area contributed by atoms with Gasteiger partial charge in [-0.1, -0.05) is 34.1 Å². The van der Waals surface area contributed by atoms with Gasteiger partial charge in [-0.3, -0.25) is 4.79 Å². The van der Waals surface area contributed by atoms with Crippen LogP contribution in [-0.4, -0.2) is 35.0 Å². The van der Waals surface area contributed by atoms with Crippen LogP contribution < -0.4 is 0 Å². The molecule has 4 unspecified atom stereocenters. The molecule has 0 saturated heterocycles. The lowest BCUT2D eigenvalue weighted by atomic mass is 9.41. The van der Waals surface area contributed by atoms with Crippen molar-refractivity contribution >= 4 is 5.97 Å². The fourth-order valence-corrected chi connectivity index (χ4v) is 9.66. The Labute approximate surface area is 189 Å². The van der Waals surface area contributed by atoms with Crippen LogP contribution in [0.1, 0.15) is 92.4 Å². The summed E-state index contributed by atoms with van der Waals surface area (Å²) in [6.45, 7) is 11.4. The molecule has 4 heteroatoms. The molecule has 0 heterocycles. The van der Waals surface area contributed by atoms with Gasteiger partial charge in [0.1, 0.15) is 6.10 Å². The zero-order valence-corrected chi connectivity index (χ0v) is 20.5. The first-order valence-corrected chi connectivity index (χ1v) is 13.1. The van der Waals surface area contributed by atoms with Crippen LogP contribution in [0.15, 0.2) is 0 Å². The van der Waals surface area contributed by atoms with E-state index in [0.717, 1.165) is 32.1 Å². The average molecular weight is 435 g/mol. The van der Waals surface area contributed by atoms with E-state index in [1.54, 1.807) is 0 Å². The molecule has 31 heavy (non-hydrogen) atoms. The first-order valence-electron chi connectivity index (χ1n) is 13.1. The lowest BCUT2D eigenvalue weighted by Gasteiger charge is -2.64. The van der Waals surface area contributed by atoms with Crippen molar-refractivity contribution in [1.29, 1.82) is 0 Å². The molecule has 0 bridgehead atoms. The van der Waals surface area contributed by atoms with Crippen molar-refractivity contribution in [2.24, 2.45) is 52.3 Å². The molecule has 0 aliphatic heterocycles. The molecule has 4 nitrogen and oxygen atoms in total. The first kappa shape index (κ1) is 23.5. The largest absolute Gasteiger partial charge is 0.463 e. The Balaban J connectivity index is 1.62. The molecule has 0 aromatic rings. The topological polar surface area (TPSA) is 66.8 Å². The SMILES string of the molecule is CC[C@@H]1C2C[C@H](OC(C)=O)CC[C@]2(C)C2CC[C@@]3(C)C(CC[C@@H]3[C@H](C)CCO)C2[C@@H]1O. The van der Waals surface area contributed by atoms with Crippen molar-refractivity contribution in [1.82, 2.24) is 0 Å². The summed E-state index contributed by atoms with van der Waals surface area (Å²) >= 11 is 0. The molecule has 4 aliphatic rings. The Morgan fingerprint density at radius 1 is 1.06 bits per heavy atom. The molecule has 0 spiro atoms. The van der Waals surface area contributed by atoms with E-state index in [2.05, 4.69) is 27.7 Å². The van der Waals surface area contributed by atoms with Gasteiger partial charge >= 0.3 is 5.97 Å². The predicted molar refractivity (Wildman–Crippen MR) is 122 cm³/mol. The van der Waals surface area contributed by atoms with Crippen LogP contribution in [-0.2, 0) is 9.53 Å². The third-order valence-corrected chi connectivity index (χ3v) is 11.0. The minimum atomic E-state index is -0.235. The van der Waals surface area contributed by atoms with Crippen LogP contribution in [0, 0.1) is 52.3 Å². The van der Waals surface area contributed by atoms with Crippen molar-refractivity contribution in [2.45, 2.75) is 105 Å². The van der Waals surface area contributed by atoms with E-state index in [4.69, 9.17) is 4.74 Å². The van der Waals surface area contributed by atoms with Gasteiger partial charge < -0.3 is 14.9 Å². The number of esters is 1. The van der Waals surface area contributed by atoms with Gasteiger partial charge in [-0.05, 0) is 104 Å². The number of hydrogen-bond donors (Lipinski definition) is 2. The van der Waals surface area contributed by atoms with Gasteiger partial charge in [-0.25, -0.2) is 0 Å². The molecule has 0 aromatic carbocycles. The van der Waals surface area contributed by atoms with Gasteiger partial charge in [0.15, 0.2) is 0 Å². The molecule has 11 atom stereocenters. The van der Waals surface area contributed by atoms with Crippen molar-refractivity contribution in [3.8, 4) is 0 Å². The molecule has 0 radical (unpaired) electrons. The fourth-order valence-electron chi connectivity index (χ4n) is 9.66. The number of rotatable bonds is 5. The van der Waals surface area contributed by atoms with Crippen LogP contribution in [0.4, 0.5) is 0 Å². The fraction of sp³-hybridized carbons (Fsp3) is 0.963. The zero-order chi connectivity index (χ0) is 22.6. The van der Waals surface area contributed by atoms with E-state index >= 15 is 0 Å². The summed E-state index contributed by atoms with van der Waals surface area (Å²) in [6, 6.07) is 0. The number of hydrogen-bond acceptors (Lipinski definition) is 4. The summed E-state index contributed by atoms with van der Waals surface area (Å²) in [7, 11) is 0. The summed E-state index contributed by atoms with van der Waals surface area (Å²) in [5, 5.41) is 21.4. The van der Waals surface area contributed by atoms with Gasteiger partial charge in [0.2, 0.25) is 0 Å². The summed E-state index contributed by atoms with van der Waals surface area (Å²) < 4.78 is 5.66. The smallest absolute Gasteiger partial charge is 0.302 e. The summed E-state index contributed by atoms with van der Waals surface area (Å²) in [6.07, 6.45) is 9.69. The van der Waals surface area contributed by atoms with E-state index in [9.17, 15) is 15.0 Å². The zero-order valence-electron chi connectivity index (χ0n) is 20.5. The molecular weight excluding hydrogens is 388 g/mol. The third-order valence-electron chi connectivity index (χ3n) is 11.0. The Morgan fingerprint density at radius 3 is 2.39 bits per heavy atom. The Kier molecular flexibility index (Phi) is 6.55. The molecule has 178 valence electrons. The van der Waals surface area contributed by atoms with Crippen LogP contribution >= 0.6 is 0 Å². The lowest BCUT2D eigenvalue weighted by molar-refractivity contribution is -0.207. The number of fused-ring (bicyclic) bond motifs is 5. The first-order chi connectivity index (χ1) is 14.7. The Hall–Kier alpha value is -0.610. The van der Waals surface area contributed by atoms with Crippen molar-refractivity contribution in [3.63, 3.8) is 0 Å². The van der Waals surface area contributed by atoms with Crippen molar-refractivity contribution < 1.29 is 19.7 Å². The minimum absolute atomic E-state index is 0.0254. The highest BCUT2D eigenvalue weighted by molar-refractivity contribution is 5.66. The van der Waals surface area contributed by atoms with E-state index in [0.29, 0.717) is 46.8 Å². The van der Waals surface area contributed by atoms with E-state index in [1.807, 2.05) is 0 Å². The van der Waals surface area contributed by atoms with Gasteiger partial charge in [-0.15, -0.1) is 0 Å². The molecule has 2 N–H and O–H groups in total. The number of carbonyl (C=O) groups is 1. The third kappa shape index (κ3) is 3.68. The van der Waals surface area contributed by atoms with E-state index in [1.165, 1.54) is 32.6 Å². The van der Waals surface area contributed by atoms with E-state index < -0.39 is 0 Å². The maximum Gasteiger partial charge on any atom is 0.302 e. The molecule has 0 aromatic heterocycles. The second kappa shape index (κ2) is 8.63. The minimum Gasteiger partial charge on any atom is -0.463 e. The number of carbonyl (C=O) groups excluding carboxylic acids is 1. The monoisotopic (exact) mass is 434 g/mol. The molecule has 4 aliphatic carbocycles. The highest BCUT2D eigenvalue weighted by Crippen LogP contribution is 2.69. The number of aliphatic hydroxyl groups is 2. The van der Waals surface area contributed by atoms with Crippen LogP contribution in [0.25, 0.3) is 0 Å². The normalized spacial score (nSPS) is 50.2. The Morgan fingerprint density at radius 2 is 1.74 bits per heavy atom. The maximum atomic E-state index is 11.8. The quantitative estimate of drug-likeness (QED) is 0.584. The van der Waals surface area contributed by atoms with E-state index in [-0.39, 0.29) is 30.2 Å². The van der Waals surface area contributed by atoms with Gasteiger partial charge in [0, 0.05) is 13.5 Å². The lowest BCUT2D eigenvalue weighted by Crippen LogP contribution is -2.62. The molecule has 4 fully saturated rings. The summed E-state index contributed by atoms with van der Waals surface area (Å²) in [5.74, 6) is 3.40. The average Bonchev–Trinajstić information content (AvgIpc) is 3.06. The molecule has 4 rings (SSSR count). The molecular formula is C27H46O4. The number of ether oxygens (including phenoxy) is 1. The van der Waals surface area contributed by atoms with Gasteiger partial charge in [0.25, 0.3) is 0 Å². The number of aliphatic hydroxyl groups excluding tert-OH is 2. The molecule has 4 saturated carbocycles. The summed E-state index contributed by atoms with van der Waals surface area (Å²) in [4.78, 5) is 11.6. The van der Waals surface area contributed by atoms with Crippen molar-refractivity contribution in [3.05, 3.63) is 0 Å². The highest BCUT2D eigenvalue weighted by atomic mass is 16.5. The van der Waals surface area contributed by atoms with Gasteiger partial charge in [-0.2, -0.15) is 0 Å². The highest BCUT2D eigenvalue weighted by Gasteiger charge is 2.65. The van der Waals surface area contributed by atoms with Crippen molar-refractivity contribution in [2.75, 3.05) is 6.61 Å². The predicted octanol–water partition coefficient (Wildman–Crippen LogP) is 5.20. The standard InChI is InChI=1S/C27H46O4/c1-6-19-23-15-18(31-17(3)29)9-12-27(23,5)22-10-13-26(4)20(16(2)11-14-28)7-8-21(26)24(22)25(19)30/h16,18-25,28,30H,6-15H2,1-5H3/t16-,18-,19-,20-,21?,22?,23?,24?,25-,26-,27-/m1/s1. The Bertz CT molecular complexity index is 664. The van der Waals surface area contributed by atoms with Crippen LogP contribution in [0.2, 0.25) is 0 Å².